The van der Waals surface area contributed by atoms with Gasteiger partial charge in [-0.05, 0) is 6.92 Å². The van der Waals surface area contributed by atoms with Crippen molar-refractivity contribution in [1.29, 1.82) is 0 Å². The molecule has 0 spiro atoms. The monoisotopic (exact) mass is 228 g/mol. The second-order valence-corrected chi connectivity index (χ2v) is 3.78. The first-order chi connectivity index (χ1) is 7.34. The Morgan fingerprint density at radius 3 is 2.62 bits per heavy atom. The van der Waals surface area contributed by atoms with Gasteiger partial charge < -0.3 is 15.7 Å². The first kappa shape index (κ1) is 12.3. The summed E-state index contributed by atoms with van der Waals surface area (Å²) in [5.74, 6) is 0.0805. The third kappa shape index (κ3) is 2.25. The van der Waals surface area contributed by atoms with Crippen molar-refractivity contribution in [3.05, 3.63) is 20.8 Å². The van der Waals surface area contributed by atoms with Crippen LogP contribution < -0.4 is 21.9 Å². The second-order valence-electron chi connectivity index (χ2n) is 3.78. The number of aliphatic hydroxyl groups excluding tert-OH is 1. The summed E-state index contributed by atoms with van der Waals surface area (Å²) in [6, 6.07) is 0. The van der Waals surface area contributed by atoms with Crippen LogP contribution in [0.3, 0.4) is 0 Å². The Kier molecular flexibility index (Phi) is 3.38. The van der Waals surface area contributed by atoms with E-state index in [1.807, 2.05) is 0 Å². The smallest absolute Gasteiger partial charge is 0.329 e. The van der Waals surface area contributed by atoms with Gasteiger partial charge in [0, 0.05) is 20.6 Å². The van der Waals surface area contributed by atoms with Gasteiger partial charge in [0.25, 0.3) is 5.56 Å². The number of rotatable bonds is 3. The molecule has 1 aromatic heterocycles. The van der Waals surface area contributed by atoms with Crippen LogP contribution in [0.15, 0.2) is 9.59 Å². The van der Waals surface area contributed by atoms with Crippen LogP contribution >= 0.6 is 0 Å². The zero-order valence-corrected chi connectivity index (χ0v) is 9.52. The van der Waals surface area contributed by atoms with Crippen LogP contribution in [0.2, 0.25) is 0 Å². The predicted molar refractivity (Wildman–Crippen MR) is 61.7 cm³/mol. The van der Waals surface area contributed by atoms with E-state index in [-0.39, 0.29) is 18.1 Å². The highest BCUT2D eigenvalue weighted by molar-refractivity contribution is 5.61. The van der Waals surface area contributed by atoms with Crippen LogP contribution in [-0.2, 0) is 7.05 Å². The van der Waals surface area contributed by atoms with E-state index in [9.17, 15) is 14.7 Å². The van der Waals surface area contributed by atoms with Crippen molar-refractivity contribution in [3.63, 3.8) is 0 Å². The number of aliphatic hydroxyl groups is 1. The number of hydrogen-bond acceptors (Lipinski definition) is 5. The molecule has 7 nitrogen and oxygen atoms in total. The van der Waals surface area contributed by atoms with E-state index in [1.54, 1.807) is 14.0 Å². The van der Waals surface area contributed by atoms with Gasteiger partial charge in [-0.1, -0.05) is 0 Å². The number of nitrogens with zero attached hydrogens (tertiary/aromatic N) is 2. The Balaban J connectivity index is 3.29. The fourth-order valence-electron chi connectivity index (χ4n) is 1.48. The van der Waals surface area contributed by atoms with E-state index in [4.69, 9.17) is 5.73 Å². The maximum atomic E-state index is 11.6. The number of aromatic nitrogens is 2. The molecular weight excluding hydrogens is 212 g/mol. The van der Waals surface area contributed by atoms with E-state index < -0.39 is 17.4 Å². The van der Waals surface area contributed by atoms with Gasteiger partial charge in [0.15, 0.2) is 0 Å². The fraction of sp³-hybridized carbons (Fsp3) is 0.556. The number of hydrogen-bond donors (Lipinski definition) is 3. The molecule has 7 heteroatoms. The number of likely N-dealkylation sites (N-methyl/N-ethyl adjacent to an activating group) is 1. The van der Waals surface area contributed by atoms with E-state index in [1.165, 1.54) is 11.9 Å². The van der Waals surface area contributed by atoms with Crippen LogP contribution in [0, 0.1) is 0 Å². The fourth-order valence-corrected chi connectivity index (χ4v) is 1.48. The van der Waals surface area contributed by atoms with E-state index >= 15 is 0 Å². The van der Waals surface area contributed by atoms with Gasteiger partial charge in [0.05, 0.1) is 6.10 Å². The molecule has 0 amide bonds. The lowest BCUT2D eigenvalue weighted by Crippen LogP contribution is -2.38. The summed E-state index contributed by atoms with van der Waals surface area (Å²) in [4.78, 5) is 26.4. The maximum Gasteiger partial charge on any atom is 0.329 e. The van der Waals surface area contributed by atoms with Crippen molar-refractivity contribution < 1.29 is 5.11 Å². The average molecular weight is 228 g/mol. The summed E-state index contributed by atoms with van der Waals surface area (Å²) < 4.78 is 1.15. The summed E-state index contributed by atoms with van der Waals surface area (Å²) >= 11 is 0. The molecule has 1 atom stereocenters. The van der Waals surface area contributed by atoms with E-state index in [2.05, 4.69) is 4.98 Å². The molecule has 1 heterocycles. The van der Waals surface area contributed by atoms with Crippen molar-refractivity contribution in [1.82, 2.24) is 9.55 Å². The Hall–Kier alpha value is -1.76. The first-order valence-corrected chi connectivity index (χ1v) is 4.82. The lowest BCUT2D eigenvalue weighted by Gasteiger charge is -2.21. The SMILES string of the molecule is CC(O)CN(C)c1c(N)n(C)c(=O)[nH]c1=O. The zero-order valence-electron chi connectivity index (χ0n) is 9.52. The Morgan fingerprint density at radius 1 is 1.56 bits per heavy atom. The molecule has 0 radical (unpaired) electrons. The largest absolute Gasteiger partial charge is 0.392 e. The zero-order chi connectivity index (χ0) is 12.5. The highest BCUT2D eigenvalue weighted by Crippen LogP contribution is 2.13. The molecule has 0 aliphatic carbocycles. The van der Waals surface area contributed by atoms with Crippen LogP contribution in [-0.4, -0.2) is 34.4 Å². The second kappa shape index (κ2) is 4.40. The summed E-state index contributed by atoms with van der Waals surface area (Å²) in [6.45, 7) is 1.86. The number of H-pyrrole nitrogens is 1. The number of anilines is 2. The molecule has 0 saturated carbocycles. The van der Waals surface area contributed by atoms with Gasteiger partial charge in [-0.3, -0.25) is 14.3 Å². The van der Waals surface area contributed by atoms with E-state index in [0.29, 0.717) is 0 Å². The summed E-state index contributed by atoms with van der Waals surface area (Å²) in [5.41, 5.74) is 4.75. The number of nitrogens with one attached hydrogen (secondary N) is 1. The lowest BCUT2D eigenvalue weighted by molar-refractivity contribution is 0.201. The highest BCUT2D eigenvalue weighted by Gasteiger charge is 2.15. The van der Waals surface area contributed by atoms with Crippen LogP contribution in [0.25, 0.3) is 0 Å². The van der Waals surface area contributed by atoms with Gasteiger partial charge in [0.2, 0.25) is 0 Å². The van der Waals surface area contributed by atoms with Crippen molar-refractivity contribution in [2.24, 2.45) is 7.05 Å². The van der Waals surface area contributed by atoms with Crippen molar-refractivity contribution in [3.8, 4) is 0 Å². The van der Waals surface area contributed by atoms with E-state index in [0.717, 1.165) is 4.57 Å². The molecular formula is C9H16N4O3. The Morgan fingerprint density at radius 2 is 2.12 bits per heavy atom. The van der Waals surface area contributed by atoms with Gasteiger partial charge in [0.1, 0.15) is 11.5 Å². The summed E-state index contributed by atoms with van der Waals surface area (Å²) in [7, 11) is 3.09. The van der Waals surface area contributed by atoms with Gasteiger partial charge in [-0.15, -0.1) is 0 Å². The Bertz CT molecular complexity index is 489. The van der Waals surface area contributed by atoms with Gasteiger partial charge in [-0.25, -0.2) is 4.79 Å². The average Bonchev–Trinajstić information content (AvgIpc) is 2.13. The molecule has 0 saturated heterocycles. The molecule has 0 aromatic carbocycles. The number of aromatic amines is 1. The summed E-state index contributed by atoms with van der Waals surface area (Å²) in [6.07, 6.45) is -0.596. The minimum Gasteiger partial charge on any atom is -0.392 e. The van der Waals surface area contributed by atoms with Crippen LogP contribution in [0.1, 0.15) is 6.92 Å². The molecule has 0 fully saturated rings. The Labute approximate surface area is 92.1 Å². The van der Waals surface area contributed by atoms with Crippen molar-refractivity contribution >= 4 is 11.5 Å². The minimum atomic E-state index is -0.596. The van der Waals surface area contributed by atoms with Gasteiger partial charge >= 0.3 is 5.69 Å². The topological polar surface area (TPSA) is 104 Å². The highest BCUT2D eigenvalue weighted by atomic mass is 16.3. The minimum absolute atomic E-state index is 0.0805. The van der Waals surface area contributed by atoms with Crippen LogP contribution in [0.4, 0.5) is 11.5 Å². The third-order valence-corrected chi connectivity index (χ3v) is 2.26. The molecule has 0 aliphatic heterocycles. The molecule has 1 unspecified atom stereocenters. The van der Waals surface area contributed by atoms with Crippen molar-refractivity contribution in [2.75, 3.05) is 24.2 Å². The van der Waals surface area contributed by atoms with Gasteiger partial charge in [-0.2, -0.15) is 0 Å². The number of nitrogen functional groups attached to an aromatic ring is 1. The first-order valence-electron chi connectivity index (χ1n) is 4.82. The molecule has 16 heavy (non-hydrogen) atoms. The standard InChI is InChI=1S/C9H16N4O3/c1-5(14)4-12(2)6-7(10)13(3)9(16)11-8(6)15/h5,14H,4,10H2,1-3H3,(H,11,15,16). The number of nitrogens with two attached hydrogens (primary N) is 1. The summed E-state index contributed by atoms with van der Waals surface area (Å²) in [5, 5.41) is 9.23. The van der Waals surface area contributed by atoms with Crippen molar-refractivity contribution in [2.45, 2.75) is 13.0 Å². The molecule has 0 aliphatic rings. The third-order valence-electron chi connectivity index (χ3n) is 2.26. The predicted octanol–water partition coefficient (Wildman–Crippen LogP) is -1.53. The maximum absolute atomic E-state index is 11.6. The molecule has 1 aromatic rings. The lowest BCUT2D eigenvalue weighted by atomic mass is 10.3. The molecule has 1 rings (SSSR count). The molecule has 4 N–H and O–H groups in total. The molecule has 90 valence electrons. The van der Waals surface area contributed by atoms with Crippen LogP contribution in [0.5, 0.6) is 0 Å². The normalized spacial score (nSPS) is 12.5. The molecule has 0 bridgehead atoms. The quantitative estimate of drug-likeness (QED) is 0.582.